The SMILES string of the molecule is CC(OC(=O)N1CCC(CC#Cc2nc(N)c3ncn([C@@H]4O[C@H](C(=O)NC5CC5)C(O)[C@@H]4O)c3n2)CC1)C1c2ccccc2-c2ccccc21. The van der Waals surface area contributed by atoms with Gasteiger partial charge in [-0.1, -0.05) is 54.5 Å². The van der Waals surface area contributed by atoms with Gasteiger partial charge in [0.1, 0.15) is 23.8 Å². The molecule has 0 spiro atoms. The molecule has 8 rings (SSSR count). The summed E-state index contributed by atoms with van der Waals surface area (Å²) >= 11 is 0. The highest BCUT2D eigenvalue weighted by molar-refractivity contribution is 5.84. The number of anilines is 1. The van der Waals surface area contributed by atoms with E-state index in [0.29, 0.717) is 25.0 Å². The summed E-state index contributed by atoms with van der Waals surface area (Å²) in [7, 11) is 0. The van der Waals surface area contributed by atoms with E-state index in [0.717, 1.165) is 25.7 Å². The van der Waals surface area contributed by atoms with Gasteiger partial charge in [0.05, 0.1) is 6.33 Å². The maximum absolute atomic E-state index is 13.3. The van der Waals surface area contributed by atoms with Crippen LogP contribution in [-0.4, -0.2) is 90.2 Å². The zero-order valence-electron chi connectivity index (χ0n) is 27.6. The Hall–Kier alpha value is -5.03. The van der Waals surface area contributed by atoms with Gasteiger partial charge in [-0.25, -0.2) is 19.7 Å². The van der Waals surface area contributed by atoms with Gasteiger partial charge >= 0.3 is 6.09 Å². The van der Waals surface area contributed by atoms with E-state index < -0.39 is 30.4 Å². The summed E-state index contributed by atoms with van der Waals surface area (Å²) < 4.78 is 13.3. The second kappa shape index (κ2) is 13.0. The first kappa shape index (κ1) is 32.2. The van der Waals surface area contributed by atoms with Crippen molar-refractivity contribution >= 4 is 29.0 Å². The molecule has 258 valence electrons. The van der Waals surface area contributed by atoms with Crippen molar-refractivity contribution < 1.29 is 29.3 Å². The first-order valence-electron chi connectivity index (χ1n) is 17.2. The number of benzene rings is 2. The molecule has 4 heterocycles. The summed E-state index contributed by atoms with van der Waals surface area (Å²) in [4.78, 5) is 40.7. The van der Waals surface area contributed by atoms with Crippen molar-refractivity contribution in [2.75, 3.05) is 18.8 Å². The van der Waals surface area contributed by atoms with Gasteiger partial charge in [-0.05, 0) is 66.7 Å². The van der Waals surface area contributed by atoms with Gasteiger partial charge in [-0.2, -0.15) is 0 Å². The summed E-state index contributed by atoms with van der Waals surface area (Å²) in [5.41, 5.74) is 11.5. The molecule has 2 aromatic heterocycles. The number of nitrogen functional groups attached to an aromatic ring is 1. The first-order valence-corrected chi connectivity index (χ1v) is 17.2. The number of nitrogens with one attached hydrogen (secondary N) is 1. The highest BCUT2D eigenvalue weighted by Crippen LogP contribution is 2.47. The summed E-state index contributed by atoms with van der Waals surface area (Å²) in [6.07, 6.45) is -0.453. The summed E-state index contributed by atoms with van der Waals surface area (Å²) in [5, 5.41) is 24.1. The van der Waals surface area contributed by atoms with Gasteiger partial charge < -0.3 is 35.6 Å². The van der Waals surface area contributed by atoms with Gasteiger partial charge in [-0.3, -0.25) is 9.36 Å². The Labute approximate surface area is 288 Å². The van der Waals surface area contributed by atoms with Crippen LogP contribution >= 0.6 is 0 Å². The smallest absolute Gasteiger partial charge is 0.410 e. The molecule has 5 atom stereocenters. The molecule has 2 saturated heterocycles. The lowest BCUT2D eigenvalue weighted by Gasteiger charge is -2.32. The normalized spacial score (nSPS) is 23.9. The predicted molar refractivity (Wildman–Crippen MR) is 182 cm³/mol. The third kappa shape index (κ3) is 5.93. The number of piperidine rings is 1. The van der Waals surface area contributed by atoms with Crippen molar-refractivity contribution in [3.05, 3.63) is 71.8 Å². The number of nitrogens with zero attached hydrogens (tertiary/aromatic N) is 5. The molecule has 2 aromatic carbocycles. The van der Waals surface area contributed by atoms with E-state index in [1.807, 2.05) is 31.2 Å². The zero-order valence-corrected chi connectivity index (χ0v) is 27.6. The molecule has 1 saturated carbocycles. The van der Waals surface area contributed by atoms with E-state index in [2.05, 4.69) is 56.4 Å². The number of hydrogen-bond donors (Lipinski definition) is 4. The Bertz CT molecular complexity index is 1960. The number of imidazole rings is 1. The number of nitrogens with two attached hydrogens (primary N) is 1. The van der Waals surface area contributed by atoms with E-state index in [4.69, 9.17) is 15.2 Å². The third-order valence-electron chi connectivity index (χ3n) is 10.2. The van der Waals surface area contributed by atoms with Crippen molar-refractivity contribution in [2.45, 2.75) is 81.6 Å². The molecule has 0 radical (unpaired) electrons. The molecule has 2 amide bonds. The molecule has 4 aliphatic rings. The van der Waals surface area contributed by atoms with E-state index in [1.54, 1.807) is 4.90 Å². The number of fused-ring (bicyclic) bond motifs is 4. The average molecular weight is 678 g/mol. The minimum absolute atomic E-state index is 0.00834. The van der Waals surface area contributed by atoms with Gasteiger partial charge in [0.25, 0.3) is 5.91 Å². The molecular formula is C37H39N7O6. The van der Waals surface area contributed by atoms with Crippen LogP contribution in [0.2, 0.25) is 0 Å². The second-order valence-corrected chi connectivity index (χ2v) is 13.6. The number of aliphatic hydroxyl groups is 2. The van der Waals surface area contributed by atoms with Crippen LogP contribution in [0.25, 0.3) is 22.3 Å². The van der Waals surface area contributed by atoms with E-state index in [9.17, 15) is 19.8 Å². The minimum Gasteiger partial charge on any atom is -0.445 e. The van der Waals surface area contributed by atoms with Crippen LogP contribution in [0.5, 0.6) is 0 Å². The largest absolute Gasteiger partial charge is 0.445 e. The molecule has 4 aromatic rings. The lowest BCUT2D eigenvalue weighted by molar-refractivity contribution is -0.137. The molecule has 2 unspecified atom stereocenters. The lowest BCUT2D eigenvalue weighted by Crippen LogP contribution is -2.43. The van der Waals surface area contributed by atoms with Crippen molar-refractivity contribution in [3.8, 4) is 23.0 Å². The molecule has 50 heavy (non-hydrogen) atoms. The van der Waals surface area contributed by atoms with Gasteiger partial charge in [0.15, 0.2) is 23.8 Å². The number of carbonyl (C=O) groups is 2. The maximum atomic E-state index is 13.3. The van der Waals surface area contributed by atoms with Crippen LogP contribution < -0.4 is 11.1 Å². The topological polar surface area (TPSA) is 178 Å². The molecule has 5 N–H and O–H groups in total. The van der Waals surface area contributed by atoms with E-state index in [-0.39, 0.29) is 47.4 Å². The van der Waals surface area contributed by atoms with Gasteiger partial charge in [0.2, 0.25) is 5.82 Å². The van der Waals surface area contributed by atoms with Gasteiger partial charge in [0, 0.05) is 31.5 Å². The molecule has 13 nitrogen and oxygen atoms in total. The first-order chi connectivity index (χ1) is 24.3. The number of carbonyl (C=O) groups excluding carboxylic acids is 2. The van der Waals surface area contributed by atoms with Crippen molar-refractivity contribution in [1.82, 2.24) is 29.7 Å². The Balaban J connectivity index is 0.880. The number of ether oxygens (including phenoxy) is 2. The number of aromatic nitrogens is 4. The maximum Gasteiger partial charge on any atom is 0.410 e. The quantitative estimate of drug-likeness (QED) is 0.222. The monoisotopic (exact) mass is 677 g/mol. The van der Waals surface area contributed by atoms with Crippen LogP contribution in [-0.2, 0) is 14.3 Å². The van der Waals surface area contributed by atoms with Crippen LogP contribution in [0, 0.1) is 17.8 Å². The summed E-state index contributed by atoms with van der Waals surface area (Å²) in [6.45, 7) is 3.14. The Morgan fingerprint density at radius 3 is 2.38 bits per heavy atom. The Kier molecular flexibility index (Phi) is 8.38. The Morgan fingerprint density at radius 2 is 1.70 bits per heavy atom. The average Bonchev–Trinajstić information content (AvgIpc) is 3.61. The van der Waals surface area contributed by atoms with Gasteiger partial charge in [-0.15, -0.1) is 0 Å². The zero-order chi connectivity index (χ0) is 34.5. The number of rotatable bonds is 6. The number of hydrogen-bond acceptors (Lipinski definition) is 10. The molecule has 13 heteroatoms. The highest BCUT2D eigenvalue weighted by atomic mass is 16.6. The van der Waals surface area contributed by atoms with Crippen molar-refractivity contribution in [2.24, 2.45) is 5.92 Å². The van der Waals surface area contributed by atoms with Crippen LogP contribution in [0.3, 0.4) is 0 Å². The minimum atomic E-state index is -1.42. The third-order valence-corrected chi connectivity index (χ3v) is 10.2. The second-order valence-electron chi connectivity index (χ2n) is 13.6. The molecule has 3 fully saturated rings. The summed E-state index contributed by atoms with van der Waals surface area (Å²) in [5.74, 6) is 6.27. The Morgan fingerprint density at radius 1 is 1.02 bits per heavy atom. The highest BCUT2D eigenvalue weighted by Gasteiger charge is 2.48. The van der Waals surface area contributed by atoms with Crippen LogP contribution in [0.4, 0.5) is 10.6 Å². The predicted octanol–water partition coefficient (Wildman–Crippen LogP) is 3.10. The summed E-state index contributed by atoms with van der Waals surface area (Å²) in [6, 6.07) is 16.7. The number of amides is 2. The number of likely N-dealkylation sites (tertiary alicyclic amines) is 1. The number of aliphatic hydroxyl groups excluding tert-OH is 2. The lowest BCUT2D eigenvalue weighted by atomic mass is 9.92. The fourth-order valence-corrected chi connectivity index (χ4v) is 7.39. The molecule has 2 aliphatic carbocycles. The van der Waals surface area contributed by atoms with Crippen molar-refractivity contribution in [3.63, 3.8) is 0 Å². The van der Waals surface area contributed by atoms with E-state index >= 15 is 0 Å². The van der Waals surface area contributed by atoms with Crippen LogP contribution in [0.1, 0.15) is 68.1 Å². The van der Waals surface area contributed by atoms with Crippen LogP contribution in [0.15, 0.2) is 54.9 Å². The molecule has 0 bridgehead atoms. The fourth-order valence-electron chi connectivity index (χ4n) is 7.39. The molecule has 2 aliphatic heterocycles. The fraction of sp³-hybridized carbons (Fsp3) is 0.432. The standard InChI is InChI=1S/C37H39N7O6/c1-20(28-25-10-4-2-8-23(25)24-9-3-5-11-26(24)28)49-37(48)43-17-15-21(16-18-43)7-6-12-27-41-33(38)29-34(42-27)44(19-39-29)36-31(46)30(45)32(50-36)35(47)40-22-13-14-22/h2-5,8-11,19-22,28,30-32,36,45-46H,7,13-18H2,1H3,(H,40,47)(H2,38,41,42)/t20?,30?,31-,32-,36+/m0/s1. The van der Waals surface area contributed by atoms with E-state index in [1.165, 1.54) is 33.1 Å². The van der Waals surface area contributed by atoms with Crippen molar-refractivity contribution in [1.29, 1.82) is 0 Å². The molecular weight excluding hydrogens is 638 g/mol.